The summed E-state index contributed by atoms with van der Waals surface area (Å²) in [4.78, 5) is 25.9. The van der Waals surface area contributed by atoms with Crippen molar-refractivity contribution in [2.45, 2.75) is 43.7 Å². The normalized spacial score (nSPS) is 41.6. The number of carbonyl (C=O) groups is 2. The molecule has 0 amide bonds. The third-order valence-electron chi connectivity index (χ3n) is 6.11. The number of aromatic hydroxyl groups is 1. The van der Waals surface area contributed by atoms with Crippen LogP contribution in [-0.4, -0.2) is 44.7 Å². The molecule has 3 aliphatic carbocycles. The highest BCUT2D eigenvalue weighted by atomic mass is 16.6. The zero-order valence-electron chi connectivity index (χ0n) is 13.6. The van der Waals surface area contributed by atoms with Crippen LogP contribution in [0.5, 0.6) is 5.75 Å². The molecule has 1 aromatic rings. The molecule has 0 unspecified atom stereocenters. The summed E-state index contributed by atoms with van der Waals surface area (Å²) in [6.07, 6.45) is -1.69. The van der Waals surface area contributed by atoms with E-state index < -0.39 is 35.6 Å². The quantitative estimate of drug-likeness (QED) is 0.608. The SMILES string of the molecule is C[C@@H]1CC(=O)C2=C(C1)[C@H]1O[C@@H]1[C@]1(O)[C@@H]2C(=O)c2cccc(O)c2[C@@H]1O. The Hall–Kier alpha value is -2.02. The molecular weight excluding hydrogens is 324 g/mol. The van der Waals surface area contributed by atoms with E-state index in [1.807, 2.05) is 6.92 Å². The van der Waals surface area contributed by atoms with Gasteiger partial charge in [-0.15, -0.1) is 0 Å². The molecule has 0 saturated carbocycles. The van der Waals surface area contributed by atoms with Gasteiger partial charge in [0.2, 0.25) is 0 Å². The summed E-state index contributed by atoms with van der Waals surface area (Å²) in [5.41, 5.74) is -0.645. The lowest BCUT2D eigenvalue weighted by Crippen LogP contribution is -2.59. The summed E-state index contributed by atoms with van der Waals surface area (Å²) < 4.78 is 5.64. The van der Waals surface area contributed by atoms with Gasteiger partial charge in [-0.25, -0.2) is 0 Å². The third-order valence-corrected chi connectivity index (χ3v) is 6.11. The minimum absolute atomic E-state index is 0.0150. The van der Waals surface area contributed by atoms with Crippen LogP contribution in [0.3, 0.4) is 0 Å². The van der Waals surface area contributed by atoms with Crippen molar-refractivity contribution in [2.24, 2.45) is 11.8 Å². The maximum atomic E-state index is 13.2. The molecule has 0 spiro atoms. The van der Waals surface area contributed by atoms with E-state index in [9.17, 15) is 24.9 Å². The number of benzene rings is 1. The lowest BCUT2D eigenvalue weighted by Gasteiger charge is -2.46. The molecule has 1 heterocycles. The van der Waals surface area contributed by atoms with Crippen molar-refractivity contribution < 1.29 is 29.6 Å². The first kappa shape index (κ1) is 15.3. The summed E-state index contributed by atoms with van der Waals surface area (Å²) in [7, 11) is 0. The Balaban J connectivity index is 1.77. The molecule has 5 rings (SSSR count). The van der Waals surface area contributed by atoms with Gasteiger partial charge in [0.25, 0.3) is 0 Å². The number of epoxide rings is 1. The van der Waals surface area contributed by atoms with Gasteiger partial charge >= 0.3 is 0 Å². The van der Waals surface area contributed by atoms with E-state index in [2.05, 4.69) is 0 Å². The molecule has 0 aromatic heterocycles. The zero-order valence-corrected chi connectivity index (χ0v) is 13.6. The lowest BCUT2D eigenvalue weighted by molar-refractivity contribution is -0.130. The standard InChI is InChI=1S/C19H18O6/c1-7-5-9-12(11(21)6-7)14-15(22)8-3-2-4-10(20)13(8)17(23)19(14,24)18-16(9)25-18/h2-4,7,14,16-18,20,23-24H,5-6H2,1H3/t7-,14-,16+,17-,18-,19-/m0/s1. The van der Waals surface area contributed by atoms with Crippen LogP contribution in [0, 0.1) is 11.8 Å². The Morgan fingerprint density at radius 2 is 2.00 bits per heavy atom. The minimum atomic E-state index is -1.93. The number of hydrogen-bond acceptors (Lipinski definition) is 6. The van der Waals surface area contributed by atoms with Crippen molar-refractivity contribution >= 4 is 11.6 Å². The summed E-state index contributed by atoms with van der Waals surface area (Å²) in [6.45, 7) is 1.98. The number of rotatable bonds is 0. The third kappa shape index (κ3) is 1.69. The van der Waals surface area contributed by atoms with Crippen LogP contribution in [0.15, 0.2) is 29.3 Å². The first-order chi connectivity index (χ1) is 11.9. The maximum absolute atomic E-state index is 13.2. The van der Waals surface area contributed by atoms with Crippen molar-refractivity contribution in [3.8, 4) is 5.75 Å². The van der Waals surface area contributed by atoms with Gasteiger partial charge in [0.15, 0.2) is 11.6 Å². The Kier molecular flexibility index (Phi) is 2.79. The first-order valence-electron chi connectivity index (χ1n) is 8.53. The number of ketones is 2. The number of aliphatic hydroxyl groups excluding tert-OH is 1. The van der Waals surface area contributed by atoms with E-state index in [0.717, 1.165) is 5.57 Å². The molecule has 1 fully saturated rings. The molecular formula is C19H18O6. The van der Waals surface area contributed by atoms with E-state index in [1.54, 1.807) is 0 Å². The predicted molar refractivity (Wildman–Crippen MR) is 84.9 cm³/mol. The number of carbonyl (C=O) groups excluding carboxylic acids is 2. The van der Waals surface area contributed by atoms with Crippen molar-refractivity contribution in [3.63, 3.8) is 0 Å². The number of aliphatic hydroxyl groups is 2. The summed E-state index contributed by atoms with van der Waals surface area (Å²) in [5, 5.41) is 32.3. The highest BCUT2D eigenvalue weighted by Crippen LogP contribution is 2.60. The smallest absolute Gasteiger partial charge is 0.174 e. The van der Waals surface area contributed by atoms with Crippen molar-refractivity contribution in [1.82, 2.24) is 0 Å². The molecule has 1 aromatic carbocycles. The van der Waals surface area contributed by atoms with E-state index in [-0.39, 0.29) is 28.6 Å². The van der Waals surface area contributed by atoms with Crippen LogP contribution in [-0.2, 0) is 9.53 Å². The molecule has 130 valence electrons. The van der Waals surface area contributed by atoms with Gasteiger partial charge in [0.05, 0.1) is 5.92 Å². The molecule has 1 aliphatic heterocycles. The molecule has 6 nitrogen and oxygen atoms in total. The Morgan fingerprint density at radius 1 is 1.24 bits per heavy atom. The first-order valence-corrected chi connectivity index (χ1v) is 8.53. The minimum Gasteiger partial charge on any atom is -0.508 e. The number of phenols is 1. The number of Topliss-reactive ketones (excluding diaryl/α,β-unsaturated/α-hetero) is 2. The summed E-state index contributed by atoms with van der Waals surface area (Å²) >= 11 is 0. The van der Waals surface area contributed by atoms with Gasteiger partial charge in [0.1, 0.15) is 29.7 Å². The fourth-order valence-corrected chi connectivity index (χ4v) is 5.00. The summed E-state index contributed by atoms with van der Waals surface area (Å²) in [6, 6.07) is 4.39. The second kappa shape index (κ2) is 4.58. The molecule has 3 N–H and O–H groups in total. The largest absolute Gasteiger partial charge is 0.508 e. The van der Waals surface area contributed by atoms with Gasteiger partial charge in [0, 0.05) is 23.1 Å². The molecule has 0 radical (unpaired) electrons. The van der Waals surface area contributed by atoms with Gasteiger partial charge < -0.3 is 20.1 Å². The highest BCUT2D eigenvalue weighted by molar-refractivity contribution is 6.11. The molecule has 25 heavy (non-hydrogen) atoms. The van der Waals surface area contributed by atoms with Crippen molar-refractivity contribution in [2.75, 3.05) is 0 Å². The van der Waals surface area contributed by atoms with Crippen LogP contribution in [0.4, 0.5) is 0 Å². The Morgan fingerprint density at radius 3 is 2.76 bits per heavy atom. The highest BCUT2D eigenvalue weighted by Gasteiger charge is 2.71. The van der Waals surface area contributed by atoms with Crippen LogP contribution in [0.1, 0.15) is 41.8 Å². The molecule has 6 atom stereocenters. The van der Waals surface area contributed by atoms with Gasteiger partial charge in [-0.2, -0.15) is 0 Å². The van der Waals surface area contributed by atoms with E-state index >= 15 is 0 Å². The van der Waals surface area contributed by atoms with Crippen LogP contribution in [0.2, 0.25) is 0 Å². The van der Waals surface area contributed by atoms with E-state index in [4.69, 9.17) is 4.74 Å². The second-order valence-electron chi connectivity index (χ2n) is 7.68. The van der Waals surface area contributed by atoms with E-state index in [1.165, 1.54) is 18.2 Å². The van der Waals surface area contributed by atoms with Crippen LogP contribution in [0.25, 0.3) is 0 Å². The molecule has 1 saturated heterocycles. The number of ether oxygens (including phenoxy) is 1. The maximum Gasteiger partial charge on any atom is 0.174 e. The number of phenolic OH excluding ortho intramolecular Hbond substituents is 1. The molecule has 6 heteroatoms. The number of fused-ring (bicyclic) bond motifs is 6. The second-order valence-corrected chi connectivity index (χ2v) is 7.68. The lowest BCUT2D eigenvalue weighted by atomic mass is 9.58. The summed E-state index contributed by atoms with van der Waals surface area (Å²) in [5.74, 6) is -1.82. The zero-order chi connectivity index (χ0) is 17.7. The molecule has 4 aliphatic rings. The number of hydrogen-bond donors (Lipinski definition) is 3. The Bertz CT molecular complexity index is 871. The molecule has 0 bridgehead atoms. The van der Waals surface area contributed by atoms with E-state index in [0.29, 0.717) is 18.4 Å². The average molecular weight is 342 g/mol. The fourth-order valence-electron chi connectivity index (χ4n) is 5.00. The van der Waals surface area contributed by atoms with Gasteiger partial charge in [-0.1, -0.05) is 19.1 Å². The van der Waals surface area contributed by atoms with Crippen LogP contribution < -0.4 is 0 Å². The monoisotopic (exact) mass is 342 g/mol. The average Bonchev–Trinajstić information content (AvgIpc) is 3.35. The van der Waals surface area contributed by atoms with Gasteiger partial charge in [-0.3, -0.25) is 9.59 Å². The topological polar surface area (TPSA) is 107 Å². The van der Waals surface area contributed by atoms with Gasteiger partial charge in [-0.05, 0) is 24.0 Å². The Labute approximate surface area is 143 Å². The van der Waals surface area contributed by atoms with Crippen molar-refractivity contribution in [1.29, 1.82) is 0 Å². The van der Waals surface area contributed by atoms with Crippen molar-refractivity contribution in [3.05, 3.63) is 40.5 Å². The fraction of sp³-hybridized carbons (Fsp3) is 0.474. The van der Waals surface area contributed by atoms with Crippen LogP contribution >= 0.6 is 0 Å². The predicted octanol–water partition coefficient (Wildman–Crippen LogP) is 1.05.